The molecule has 1 aromatic rings. The molecule has 1 aliphatic carbocycles. The average molecular weight is 373 g/mol. The number of para-hydroxylation sites is 1. The van der Waals surface area contributed by atoms with E-state index in [0.29, 0.717) is 6.10 Å². The zero-order valence-corrected chi connectivity index (χ0v) is 15.5. The Hall–Kier alpha value is -1.24. The van der Waals surface area contributed by atoms with E-state index in [1.807, 2.05) is 47.0 Å². The molecule has 0 N–H and O–H groups in total. The third kappa shape index (κ3) is 2.94. The minimum absolute atomic E-state index is 0.0400. The monoisotopic (exact) mass is 372 g/mol. The Balaban J connectivity index is 1.51. The van der Waals surface area contributed by atoms with Gasteiger partial charge in [-0.15, -0.1) is 11.8 Å². The van der Waals surface area contributed by atoms with Crippen LogP contribution >= 0.6 is 23.5 Å². The quantitative estimate of drug-likeness (QED) is 0.751. The number of epoxide rings is 1. The number of allylic oxidation sites excluding steroid dienone is 1. The molecule has 1 amide bonds. The molecule has 0 spiro atoms. The molecule has 3 aliphatic heterocycles. The van der Waals surface area contributed by atoms with Crippen molar-refractivity contribution in [3.8, 4) is 0 Å². The lowest BCUT2D eigenvalue weighted by atomic mass is 9.87. The van der Waals surface area contributed by atoms with E-state index >= 15 is 0 Å². The molecule has 0 radical (unpaired) electrons. The summed E-state index contributed by atoms with van der Waals surface area (Å²) in [5.74, 6) is 0.997. The smallest absolute Gasteiger partial charge is 0.243 e. The van der Waals surface area contributed by atoms with E-state index < -0.39 is 0 Å². The van der Waals surface area contributed by atoms with E-state index in [9.17, 15) is 4.79 Å². The highest BCUT2D eigenvalue weighted by molar-refractivity contribution is 8.14. The molecule has 5 rings (SSSR count). The average Bonchev–Trinajstić information content (AvgIpc) is 3.39. The number of ether oxygens (including phenoxy) is 1. The number of thioether (sulfide) groups is 2. The summed E-state index contributed by atoms with van der Waals surface area (Å²) in [5.41, 5.74) is 2.29. The number of amidine groups is 1. The number of carbonyl (C=O) groups excluding carboxylic acids is 1. The Morgan fingerprint density at radius 1 is 1.24 bits per heavy atom. The Morgan fingerprint density at radius 3 is 2.84 bits per heavy atom. The van der Waals surface area contributed by atoms with E-state index in [4.69, 9.17) is 9.73 Å². The maximum absolute atomic E-state index is 13.5. The lowest BCUT2D eigenvalue weighted by molar-refractivity contribution is -0.120. The number of benzene rings is 1. The van der Waals surface area contributed by atoms with Crippen molar-refractivity contribution in [2.45, 2.75) is 37.2 Å². The second kappa shape index (κ2) is 6.49. The summed E-state index contributed by atoms with van der Waals surface area (Å²) in [4.78, 5) is 21.8. The number of rotatable bonds is 3. The Kier molecular flexibility index (Phi) is 4.14. The number of hydrogen-bond acceptors (Lipinski definition) is 5. The molecule has 4 aliphatic rings. The first-order valence-electron chi connectivity index (χ1n) is 8.91. The zero-order valence-electron chi connectivity index (χ0n) is 13.9. The van der Waals surface area contributed by atoms with E-state index in [1.165, 1.54) is 23.3 Å². The van der Waals surface area contributed by atoms with Crippen molar-refractivity contribution in [1.82, 2.24) is 0 Å². The molecule has 3 atom stereocenters. The van der Waals surface area contributed by atoms with Crippen LogP contribution in [0.4, 0.5) is 5.69 Å². The molecule has 130 valence electrons. The van der Waals surface area contributed by atoms with Gasteiger partial charge in [-0.2, -0.15) is 0 Å². The molecule has 4 nitrogen and oxygen atoms in total. The van der Waals surface area contributed by atoms with E-state index in [1.54, 1.807) is 11.8 Å². The summed E-state index contributed by atoms with van der Waals surface area (Å²) in [5, 5.41) is 0.874. The summed E-state index contributed by atoms with van der Waals surface area (Å²) in [6, 6.07) is 9.95. The highest BCUT2D eigenvalue weighted by atomic mass is 32.2. The predicted octanol–water partition coefficient (Wildman–Crippen LogP) is 4.04. The van der Waals surface area contributed by atoms with Crippen LogP contribution in [0.1, 0.15) is 25.7 Å². The van der Waals surface area contributed by atoms with Gasteiger partial charge in [0.15, 0.2) is 5.17 Å². The number of anilines is 1. The first-order chi connectivity index (χ1) is 12.3. The third-order valence-electron chi connectivity index (χ3n) is 5.11. The summed E-state index contributed by atoms with van der Waals surface area (Å²) in [6.07, 6.45) is 4.95. The second-order valence-corrected chi connectivity index (χ2v) is 9.03. The zero-order chi connectivity index (χ0) is 16.8. The second-order valence-electron chi connectivity index (χ2n) is 6.83. The van der Waals surface area contributed by atoms with Gasteiger partial charge in [0.1, 0.15) is 5.37 Å². The van der Waals surface area contributed by atoms with Gasteiger partial charge >= 0.3 is 0 Å². The molecular formula is C19H20N2O2S2. The van der Waals surface area contributed by atoms with Gasteiger partial charge in [-0.25, -0.2) is 4.99 Å². The first kappa shape index (κ1) is 16.0. The third-order valence-corrected chi connectivity index (χ3v) is 7.57. The molecule has 3 heterocycles. The largest absolute Gasteiger partial charge is 0.372 e. The summed E-state index contributed by atoms with van der Waals surface area (Å²) >= 11 is 3.49. The van der Waals surface area contributed by atoms with Crippen molar-refractivity contribution < 1.29 is 9.53 Å². The number of nitrogens with zero attached hydrogens (tertiary/aromatic N) is 2. The normalized spacial score (nSPS) is 30.9. The summed E-state index contributed by atoms with van der Waals surface area (Å²) in [7, 11) is 0. The standard InChI is InChI=1S/C19H20N2O2S2/c22-18-16-14-8-4-5-9-15(14)25-17(16)20-19(24-11-13-10-23-13)21(18)12-6-2-1-3-7-12/h1-3,6-7,13,16-17H,4-5,8-11H2/t13-,16-,17-/m1/s1. The molecule has 1 saturated heterocycles. The minimum atomic E-state index is -0.0676. The summed E-state index contributed by atoms with van der Waals surface area (Å²) in [6.45, 7) is 0.830. The van der Waals surface area contributed by atoms with Crippen molar-refractivity contribution in [2.24, 2.45) is 10.9 Å². The Bertz CT molecular complexity index is 758. The van der Waals surface area contributed by atoms with E-state index in [0.717, 1.165) is 36.1 Å². The number of carbonyl (C=O) groups is 1. The van der Waals surface area contributed by atoms with Gasteiger partial charge in [-0.3, -0.25) is 9.69 Å². The van der Waals surface area contributed by atoms with Crippen molar-refractivity contribution in [1.29, 1.82) is 0 Å². The van der Waals surface area contributed by atoms with Crippen LogP contribution in [0.5, 0.6) is 0 Å². The maximum Gasteiger partial charge on any atom is 0.243 e. The molecule has 0 bridgehead atoms. The first-order valence-corrected chi connectivity index (χ1v) is 10.8. The molecule has 1 aromatic carbocycles. The van der Waals surface area contributed by atoms with Gasteiger partial charge in [0, 0.05) is 5.75 Å². The number of aliphatic imine (C=N–C) groups is 1. The van der Waals surface area contributed by atoms with Gasteiger partial charge in [-0.1, -0.05) is 30.0 Å². The molecule has 6 heteroatoms. The summed E-state index contributed by atoms with van der Waals surface area (Å²) < 4.78 is 5.34. The molecular weight excluding hydrogens is 352 g/mol. The number of hydrogen-bond donors (Lipinski definition) is 0. The lowest BCUT2D eigenvalue weighted by Gasteiger charge is -2.34. The SMILES string of the molecule is O=C1[C@@H]2C3=C(CCCC3)S[C@H]2N=C(SC[C@H]2CO2)N1c1ccccc1. The minimum Gasteiger partial charge on any atom is -0.372 e. The fourth-order valence-corrected chi connectivity index (χ4v) is 6.38. The van der Waals surface area contributed by atoms with Crippen molar-refractivity contribution in [3.63, 3.8) is 0 Å². The predicted molar refractivity (Wildman–Crippen MR) is 104 cm³/mol. The van der Waals surface area contributed by atoms with Gasteiger partial charge in [-0.05, 0) is 48.3 Å². The molecule has 0 aromatic heterocycles. The fraction of sp³-hybridized carbons (Fsp3) is 0.474. The highest BCUT2D eigenvalue weighted by Crippen LogP contribution is 2.52. The van der Waals surface area contributed by atoms with Crippen LogP contribution in [0.3, 0.4) is 0 Å². The van der Waals surface area contributed by atoms with Crippen LogP contribution in [0.25, 0.3) is 0 Å². The maximum atomic E-state index is 13.5. The molecule has 0 unspecified atom stereocenters. The van der Waals surface area contributed by atoms with E-state index in [-0.39, 0.29) is 17.2 Å². The van der Waals surface area contributed by atoms with Crippen LogP contribution in [0.2, 0.25) is 0 Å². The van der Waals surface area contributed by atoms with Crippen molar-refractivity contribution >= 4 is 40.3 Å². The van der Waals surface area contributed by atoms with Gasteiger partial charge in [0.05, 0.1) is 24.3 Å². The number of fused-ring (bicyclic) bond motifs is 2. The van der Waals surface area contributed by atoms with Crippen LogP contribution < -0.4 is 4.90 Å². The topological polar surface area (TPSA) is 45.2 Å². The Morgan fingerprint density at radius 2 is 2.04 bits per heavy atom. The van der Waals surface area contributed by atoms with Crippen LogP contribution in [0, 0.1) is 5.92 Å². The molecule has 1 fully saturated rings. The fourth-order valence-electron chi connectivity index (χ4n) is 3.77. The Labute approximate surface area is 156 Å². The van der Waals surface area contributed by atoms with Gasteiger partial charge in [0.2, 0.25) is 5.91 Å². The van der Waals surface area contributed by atoms with Gasteiger partial charge < -0.3 is 4.74 Å². The number of amides is 1. The van der Waals surface area contributed by atoms with Crippen LogP contribution in [-0.4, -0.2) is 34.9 Å². The van der Waals surface area contributed by atoms with Crippen LogP contribution in [0.15, 0.2) is 45.8 Å². The van der Waals surface area contributed by atoms with Crippen molar-refractivity contribution in [2.75, 3.05) is 17.3 Å². The van der Waals surface area contributed by atoms with Gasteiger partial charge in [0.25, 0.3) is 0 Å². The molecule has 25 heavy (non-hydrogen) atoms. The highest BCUT2D eigenvalue weighted by Gasteiger charge is 2.47. The van der Waals surface area contributed by atoms with Crippen molar-refractivity contribution in [3.05, 3.63) is 40.8 Å². The lowest BCUT2D eigenvalue weighted by Crippen LogP contribution is -2.47. The van der Waals surface area contributed by atoms with E-state index in [2.05, 4.69) is 0 Å². The van der Waals surface area contributed by atoms with Crippen LogP contribution in [-0.2, 0) is 9.53 Å². The molecule has 0 saturated carbocycles.